The lowest BCUT2D eigenvalue weighted by molar-refractivity contribution is 0.0954. The first-order chi connectivity index (χ1) is 12.4. The van der Waals surface area contributed by atoms with Crippen LogP contribution in [0.5, 0.6) is 0 Å². The molecule has 2 aliphatic carbocycles. The number of benzene rings is 1. The molecule has 0 radical (unpaired) electrons. The summed E-state index contributed by atoms with van der Waals surface area (Å²) in [6, 6.07) is 8.07. The molecular weight excluding hydrogens is 360 g/mol. The van der Waals surface area contributed by atoms with Gasteiger partial charge in [-0.2, -0.15) is 5.10 Å². The highest BCUT2D eigenvalue weighted by atomic mass is 32.2. The van der Waals surface area contributed by atoms with Crippen LogP contribution in [-0.2, 0) is 0 Å². The van der Waals surface area contributed by atoms with Gasteiger partial charge in [-0.1, -0.05) is 32.9 Å². The van der Waals surface area contributed by atoms with E-state index in [-0.39, 0.29) is 16.7 Å². The topological polar surface area (TPSA) is 41.5 Å². The molecule has 1 aliphatic heterocycles. The van der Waals surface area contributed by atoms with E-state index >= 15 is 0 Å². The molecule has 1 saturated heterocycles. The molecule has 4 rings (SSSR count). The minimum atomic E-state index is -0.0998. The third-order valence-electron chi connectivity index (χ3n) is 7.08. The van der Waals surface area contributed by atoms with Gasteiger partial charge in [0, 0.05) is 16.7 Å². The van der Waals surface area contributed by atoms with Crippen molar-refractivity contribution in [1.29, 1.82) is 0 Å². The monoisotopic (exact) mass is 388 g/mol. The Balaban J connectivity index is 1.43. The van der Waals surface area contributed by atoms with Crippen LogP contribution < -0.4 is 5.43 Å². The lowest BCUT2D eigenvalue weighted by Gasteiger charge is -2.34. The highest BCUT2D eigenvalue weighted by Gasteiger charge is 2.60. The maximum absolute atomic E-state index is 12.5. The Morgan fingerprint density at radius 3 is 2.42 bits per heavy atom. The Kier molecular flexibility index (Phi) is 4.89. The van der Waals surface area contributed by atoms with Gasteiger partial charge in [0.05, 0.1) is 4.58 Å². The number of carbonyl (C=O) groups excluding carboxylic acids is 1. The normalized spacial score (nSPS) is 32.1. The third-order valence-corrected chi connectivity index (χ3v) is 10.1. The minimum absolute atomic E-state index is 0.0998. The van der Waals surface area contributed by atoms with Gasteiger partial charge in [0.2, 0.25) is 0 Å². The highest BCUT2D eigenvalue weighted by Crippen LogP contribution is 2.63. The molecule has 1 N–H and O–H groups in total. The Morgan fingerprint density at radius 1 is 1.15 bits per heavy atom. The molecule has 2 bridgehead atoms. The number of hydrogen-bond donors (Lipinski definition) is 1. The fourth-order valence-corrected chi connectivity index (χ4v) is 7.65. The molecule has 26 heavy (non-hydrogen) atoms. The molecule has 5 heteroatoms. The third kappa shape index (κ3) is 3.01. The van der Waals surface area contributed by atoms with Gasteiger partial charge in [0.15, 0.2) is 0 Å². The number of hydrogen-bond acceptors (Lipinski definition) is 4. The summed E-state index contributed by atoms with van der Waals surface area (Å²) < 4.78 is 0.511. The van der Waals surface area contributed by atoms with Crippen molar-refractivity contribution in [3.8, 4) is 0 Å². The van der Waals surface area contributed by atoms with Crippen molar-refractivity contribution in [3.63, 3.8) is 0 Å². The zero-order chi connectivity index (χ0) is 18.4. The van der Waals surface area contributed by atoms with Crippen molar-refractivity contribution in [3.05, 3.63) is 35.4 Å². The molecule has 140 valence electrons. The quantitative estimate of drug-likeness (QED) is 0.696. The van der Waals surface area contributed by atoms with Crippen molar-refractivity contribution in [2.75, 3.05) is 11.5 Å². The minimum Gasteiger partial charge on any atom is -0.267 e. The summed E-state index contributed by atoms with van der Waals surface area (Å²) in [7, 11) is 0. The lowest BCUT2D eigenvalue weighted by atomic mass is 9.70. The van der Waals surface area contributed by atoms with Crippen LogP contribution in [0.1, 0.15) is 67.0 Å². The van der Waals surface area contributed by atoms with Crippen molar-refractivity contribution < 1.29 is 4.79 Å². The summed E-state index contributed by atoms with van der Waals surface area (Å²) in [5.74, 6) is 3.06. The summed E-state index contributed by atoms with van der Waals surface area (Å²) in [6.45, 7) is 7.03. The average Bonchev–Trinajstić information content (AvgIpc) is 3.00. The van der Waals surface area contributed by atoms with Gasteiger partial charge in [-0.25, -0.2) is 5.43 Å². The Bertz CT molecular complexity index is 722. The fraction of sp³-hybridized carbons (Fsp3) is 0.619. The summed E-state index contributed by atoms with van der Waals surface area (Å²) in [5.41, 5.74) is 6.42. The first kappa shape index (κ1) is 18.4. The molecule has 2 saturated carbocycles. The van der Waals surface area contributed by atoms with Crippen LogP contribution in [0.25, 0.3) is 0 Å². The predicted molar refractivity (Wildman–Crippen MR) is 113 cm³/mol. The molecule has 2 atom stereocenters. The van der Waals surface area contributed by atoms with Gasteiger partial charge in [0.25, 0.3) is 5.91 Å². The molecule has 1 heterocycles. The molecule has 3 aliphatic rings. The predicted octanol–water partition coefficient (Wildman–Crippen LogP) is 5.49. The molecule has 1 aromatic carbocycles. The van der Waals surface area contributed by atoms with E-state index < -0.39 is 0 Å². The number of carbonyl (C=O) groups is 1. The second kappa shape index (κ2) is 6.90. The molecule has 0 spiro atoms. The zero-order valence-electron chi connectivity index (χ0n) is 15.9. The van der Waals surface area contributed by atoms with Crippen molar-refractivity contribution >= 4 is 35.1 Å². The van der Waals surface area contributed by atoms with E-state index in [1.807, 2.05) is 35.7 Å². The lowest BCUT2D eigenvalue weighted by Crippen LogP contribution is -2.34. The van der Waals surface area contributed by atoms with E-state index in [0.717, 1.165) is 6.42 Å². The Hall–Kier alpha value is -0.940. The fourth-order valence-electron chi connectivity index (χ4n) is 4.75. The first-order valence-corrected chi connectivity index (χ1v) is 11.7. The molecule has 0 aromatic heterocycles. The zero-order valence-corrected chi connectivity index (χ0v) is 17.5. The number of hydrazone groups is 1. The SMILES string of the molecule is CC1(C)[C@@H]2CC[C@]1(C)/C(=N/NC(=O)c1ccc(C3SCCCS3)cc1)C2. The highest BCUT2D eigenvalue weighted by molar-refractivity contribution is 8.16. The van der Waals surface area contributed by atoms with Crippen LogP contribution in [0, 0.1) is 16.7 Å². The van der Waals surface area contributed by atoms with Gasteiger partial charge in [-0.15, -0.1) is 23.5 Å². The maximum Gasteiger partial charge on any atom is 0.271 e. The largest absolute Gasteiger partial charge is 0.271 e. The number of nitrogens with one attached hydrogen (secondary N) is 1. The Labute approximate surface area is 165 Å². The summed E-state index contributed by atoms with van der Waals surface area (Å²) in [6.07, 6.45) is 4.79. The van der Waals surface area contributed by atoms with Crippen molar-refractivity contribution in [2.45, 2.75) is 51.0 Å². The van der Waals surface area contributed by atoms with Crippen molar-refractivity contribution in [2.24, 2.45) is 21.8 Å². The number of amides is 1. The number of rotatable bonds is 3. The molecule has 1 amide bonds. The van der Waals surface area contributed by atoms with Crippen LogP contribution in [0.2, 0.25) is 0 Å². The molecular formula is C21H28N2OS2. The van der Waals surface area contributed by atoms with Gasteiger partial charge >= 0.3 is 0 Å². The van der Waals surface area contributed by atoms with Gasteiger partial charge in [0.1, 0.15) is 0 Å². The first-order valence-electron chi connectivity index (χ1n) is 9.62. The molecule has 0 unspecified atom stereocenters. The standard InChI is InChI=1S/C21H28N2OS2/c1-20(2)16-9-10-21(20,3)17(13-16)22-23-18(24)14-5-7-15(8-6-14)19-25-11-4-12-26-19/h5-8,16,19H,4,9-13H2,1-3H3,(H,23,24)/b22-17+/t16-,21-/m1/s1. The van der Waals surface area contributed by atoms with Crippen molar-refractivity contribution in [1.82, 2.24) is 5.43 Å². The van der Waals surface area contributed by atoms with Gasteiger partial charge in [-0.3, -0.25) is 4.79 Å². The van der Waals surface area contributed by atoms with E-state index in [0.29, 0.717) is 16.1 Å². The van der Waals surface area contributed by atoms with E-state index in [2.05, 4.69) is 43.4 Å². The van der Waals surface area contributed by atoms with Crippen LogP contribution >= 0.6 is 23.5 Å². The van der Waals surface area contributed by atoms with E-state index in [9.17, 15) is 4.79 Å². The smallest absolute Gasteiger partial charge is 0.267 e. The van der Waals surface area contributed by atoms with E-state index in [1.54, 1.807) is 0 Å². The summed E-state index contributed by atoms with van der Waals surface area (Å²) >= 11 is 4.01. The van der Waals surface area contributed by atoms with Crippen LogP contribution in [0.4, 0.5) is 0 Å². The van der Waals surface area contributed by atoms with Gasteiger partial charge in [-0.05, 0) is 66.2 Å². The average molecular weight is 389 g/mol. The molecule has 1 aromatic rings. The second-order valence-electron chi connectivity index (χ2n) is 8.54. The second-order valence-corrected chi connectivity index (χ2v) is 11.3. The number of fused-ring (bicyclic) bond motifs is 2. The van der Waals surface area contributed by atoms with E-state index in [4.69, 9.17) is 0 Å². The Morgan fingerprint density at radius 2 is 1.85 bits per heavy atom. The summed E-state index contributed by atoms with van der Waals surface area (Å²) in [5, 5.41) is 4.57. The molecule has 3 nitrogen and oxygen atoms in total. The van der Waals surface area contributed by atoms with Crippen LogP contribution in [0.15, 0.2) is 29.4 Å². The van der Waals surface area contributed by atoms with Crippen LogP contribution in [-0.4, -0.2) is 23.1 Å². The van der Waals surface area contributed by atoms with E-state index in [1.165, 1.54) is 42.0 Å². The van der Waals surface area contributed by atoms with Gasteiger partial charge < -0.3 is 0 Å². The maximum atomic E-state index is 12.5. The number of thioether (sulfide) groups is 2. The molecule has 3 fully saturated rings. The number of nitrogens with zero attached hydrogens (tertiary/aromatic N) is 1. The summed E-state index contributed by atoms with van der Waals surface area (Å²) in [4.78, 5) is 12.5. The van der Waals surface area contributed by atoms with Crippen LogP contribution in [0.3, 0.4) is 0 Å².